The maximum absolute atomic E-state index is 11.2. The molecule has 0 saturated carbocycles. The van der Waals surface area contributed by atoms with E-state index in [1.165, 1.54) is 0 Å². The van der Waals surface area contributed by atoms with E-state index in [4.69, 9.17) is 56.8 Å². The van der Waals surface area contributed by atoms with Gasteiger partial charge in [-0.2, -0.15) is 0 Å². The fraction of sp³-hybridized carbons (Fsp3) is 1.00. The summed E-state index contributed by atoms with van der Waals surface area (Å²) in [5.41, 5.74) is 0. The molecule has 65 heavy (non-hydrogen) atoms. The molecule has 22 aliphatic rings. The Morgan fingerprint density at radius 3 is 0.708 bits per heavy atom. The Morgan fingerprint density at radius 2 is 0.462 bits per heavy atom. The van der Waals surface area contributed by atoms with E-state index in [9.17, 15) is 86.8 Å². The molecule has 12 unspecified atom stereocenters. The van der Waals surface area contributed by atoms with Crippen LogP contribution < -0.4 is 0 Å². The molecule has 29 atom stereocenters. The predicted octanol–water partition coefficient (Wildman–Crippen LogP) is -12.0. The van der Waals surface area contributed by atoms with Gasteiger partial charge in [-0.25, -0.2) is 0 Å². The molecule has 22 rings (SSSR count). The van der Waals surface area contributed by atoms with Gasteiger partial charge in [0, 0.05) is 6.42 Å². The lowest BCUT2D eigenvalue weighted by atomic mass is 9.95. The molecule has 22 heterocycles. The van der Waals surface area contributed by atoms with Crippen molar-refractivity contribution in [3.63, 3.8) is 0 Å². The second kappa shape index (κ2) is 21.9. The van der Waals surface area contributed by atoms with Crippen LogP contribution in [0, 0.1) is 0 Å². The first-order chi connectivity index (χ1) is 31.0. The van der Waals surface area contributed by atoms with Crippen molar-refractivity contribution in [3.8, 4) is 0 Å². The Kier molecular flexibility index (Phi) is 17.4. The zero-order valence-electron chi connectivity index (χ0n) is 34.2. The molecule has 0 aliphatic carbocycles. The first-order valence-electron chi connectivity index (χ1n) is 21.0. The van der Waals surface area contributed by atoms with Gasteiger partial charge >= 0.3 is 0 Å². The van der Waals surface area contributed by atoms with Gasteiger partial charge < -0.3 is 144 Å². The monoisotopic (exact) mass is 956 g/mol. The average Bonchev–Trinajstić information content (AvgIpc) is 3.30. The van der Waals surface area contributed by atoms with Crippen molar-refractivity contribution >= 4 is 0 Å². The molecule has 22 aliphatic heterocycles. The van der Waals surface area contributed by atoms with Crippen LogP contribution in [0.3, 0.4) is 0 Å². The van der Waals surface area contributed by atoms with E-state index in [-0.39, 0.29) is 0 Å². The van der Waals surface area contributed by atoms with Gasteiger partial charge in [0.1, 0.15) is 134 Å². The van der Waals surface area contributed by atoms with Gasteiger partial charge in [0.05, 0.1) is 45.7 Å². The van der Waals surface area contributed by atoms with E-state index in [0.717, 1.165) is 0 Å². The average molecular weight is 957 g/mol. The Balaban J connectivity index is 1.18. The normalized spacial score (nSPS) is 54.9. The highest BCUT2D eigenvalue weighted by molar-refractivity contribution is 5.00. The Hall–Kier alpha value is -1.16. The molecule has 29 nitrogen and oxygen atoms in total. The lowest BCUT2D eigenvalue weighted by Crippen LogP contribution is -2.68. The van der Waals surface area contributed by atoms with Gasteiger partial charge in [-0.1, -0.05) is 0 Å². The lowest BCUT2D eigenvalue weighted by molar-refractivity contribution is -0.400. The molecular weight excluding hydrogens is 896 g/mol. The highest BCUT2D eigenvalue weighted by Gasteiger charge is 2.58. The van der Waals surface area contributed by atoms with Gasteiger partial charge in [-0.3, -0.25) is 0 Å². The zero-order valence-corrected chi connectivity index (χ0v) is 34.2. The minimum atomic E-state index is -2.13. The molecular formula is C36H60O29. The summed E-state index contributed by atoms with van der Waals surface area (Å²) in [6.07, 6.45) is -54.0. The number of aliphatic hydroxyl groups is 17. The van der Waals surface area contributed by atoms with E-state index in [1.54, 1.807) is 0 Å². The molecule has 0 aromatic carbocycles. The summed E-state index contributed by atoms with van der Waals surface area (Å²) in [6, 6.07) is 0. The Bertz CT molecular complexity index is 1480. The minimum absolute atomic E-state index is 0.497. The number of hydrogen-bond acceptors (Lipinski definition) is 29. The van der Waals surface area contributed by atoms with Crippen molar-refractivity contribution in [2.75, 3.05) is 39.6 Å². The smallest absolute Gasteiger partial charge is 0.187 e. The van der Waals surface area contributed by atoms with Crippen molar-refractivity contribution in [1.82, 2.24) is 0 Å². The highest BCUT2D eigenvalue weighted by Crippen LogP contribution is 2.38. The van der Waals surface area contributed by atoms with Crippen molar-refractivity contribution < 1.29 is 144 Å². The third-order valence-electron chi connectivity index (χ3n) is 12.6. The molecule has 0 aromatic heterocycles. The number of hydrogen-bond donors (Lipinski definition) is 17. The third-order valence-corrected chi connectivity index (χ3v) is 12.6. The van der Waals surface area contributed by atoms with Crippen LogP contribution in [0.5, 0.6) is 0 Å². The summed E-state index contributed by atoms with van der Waals surface area (Å²) in [7, 11) is 0. The molecule has 29 heteroatoms. The van der Waals surface area contributed by atoms with Crippen molar-refractivity contribution in [1.29, 1.82) is 0 Å². The molecule has 0 spiro atoms. The van der Waals surface area contributed by atoms with Gasteiger partial charge in [0.15, 0.2) is 37.7 Å². The second-order valence-corrected chi connectivity index (χ2v) is 16.7. The fourth-order valence-electron chi connectivity index (χ4n) is 8.93. The molecule has 0 aromatic rings. The van der Waals surface area contributed by atoms with Crippen molar-refractivity contribution in [2.45, 2.75) is 185 Å². The van der Waals surface area contributed by atoms with Crippen LogP contribution in [-0.2, 0) is 56.8 Å². The van der Waals surface area contributed by atoms with Gasteiger partial charge in [0.2, 0.25) is 0 Å². The number of aliphatic hydroxyl groups excluding tert-OH is 17. The minimum Gasteiger partial charge on any atom is -0.394 e. The summed E-state index contributed by atoms with van der Waals surface area (Å²) in [5.74, 6) is 0. The predicted molar refractivity (Wildman–Crippen MR) is 194 cm³/mol. The zero-order chi connectivity index (χ0) is 47.2. The summed E-state index contributed by atoms with van der Waals surface area (Å²) in [6.45, 7) is -5.67. The van der Waals surface area contributed by atoms with E-state index < -0.39 is 224 Å². The van der Waals surface area contributed by atoms with Gasteiger partial charge in [-0.15, -0.1) is 0 Å². The summed E-state index contributed by atoms with van der Waals surface area (Å²) in [4.78, 5) is 0. The molecule has 12 bridgehead atoms. The second-order valence-electron chi connectivity index (χ2n) is 16.7. The molecule has 0 amide bonds. The van der Waals surface area contributed by atoms with Crippen LogP contribution in [0.25, 0.3) is 0 Å². The summed E-state index contributed by atoms with van der Waals surface area (Å²) >= 11 is 0. The molecule has 17 N–H and O–H groups in total. The SMILES string of the molecule is OCC1O[C@@H]2O[C@@H]3C(CO)O[C@H](O[C@@H]4C(CO)O[C@H](O[C@H]5C(O)C[C@H](OC5CO)O[C@@H]5C(CO)O[C@H](O[C@@H]6C(CO)O[C@H](O[C@H]1C(O)[C@@H]2O)C(O)[C@H]6O)[C@@H](O)C5O)[C@@H](O)C4O)[C@@H](O)C3O. The van der Waals surface area contributed by atoms with Crippen LogP contribution in [0.2, 0.25) is 0 Å². The standard InChI is InChI=1S/C36H60O29/c37-2-9-26-8(43)1-15(54-9)60-27-10(3-38)55-33(21(49)16(27)44)62-29-12(5-40)57-35(23(51)18(29)46)64-31-14(7-42)59-36(25(53)20(31)48)65-30-13(6-41)58-34(24(52)19(30)47)63-28-11(4-39)56-32(61-26)22(50)17(28)45/h8-53H,1-7H2/t8?,9?,10?,11?,12?,13?,14?,15-,16?,17?,18-,19?,20?,21+,22+,23?,24+,25+,26+,27-,28-,29-,30-,31-,32-,33-,34-,35-,36-/m1/s1. The Labute approximate surface area is 367 Å². The van der Waals surface area contributed by atoms with E-state index in [1.807, 2.05) is 0 Å². The number of rotatable bonds is 6. The van der Waals surface area contributed by atoms with Crippen molar-refractivity contribution in [3.05, 3.63) is 0 Å². The third kappa shape index (κ3) is 10.2. The molecule has 22 fully saturated rings. The largest absolute Gasteiger partial charge is 0.394 e. The van der Waals surface area contributed by atoms with E-state index in [0.29, 0.717) is 0 Å². The summed E-state index contributed by atoms with van der Waals surface area (Å²) in [5, 5.41) is 184. The first kappa shape index (κ1) is 51.7. The van der Waals surface area contributed by atoms with Crippen LogP contribution in [0.4, 0.5) is 0 Å². The highest BCUT2D eigenvalue weighted by atomic mass is 16.8. The van der Waals surface area contributed by atoms with Crippen molar-refractivity contribution in [2.24, 2.45) is 0 Å². The quantitative estimate of drug-likeness (QED) is 0.118. The Morgan fingerprint density at radius 1 is 0.246 bits per heavy atom. The molecule has 0 radical (unpaired) electrons. The van der Waals surface area contributed by atoms with Gasteiger partial charge in [-0.05, 0) is 0 Å². The van der Waals surface area contributed by atoms with Gasteiger partial charge in [0.25, 0.3) is 0 Å². The first-order valence-corrected chi connectivity index (χ1v) is 21.0. The fourth-order valence-corrected chi connectivity index (χ4v) is 8.93. The summed E-state index contributed by atoms with van der Waals surface area (Å²) < 4.78 is 68.4. The van der Waals surface area contributed by atoms with Crippen LogP contribution in [-0.4, -0.2) is 305 Å². The van der Waals surface area contributed by atoms with Crippen LogP contribution in [0.1, 0.15) is 6.42 Å². The van der Waals surface area contributed by atoms with E-state index >= 15 is 0 Å². The lowest BCUT2D eigenvalue weighted by Gasteiger charge is -2.50. The van der Waals surface area contributed by atoms with E-state index in [2.05, 4.69) is 0 Å². The maximum Gasteiger partial charge on any atom is 0.187 e. The number of ether oxygens (including phenoxy) is 12. The topological polar surface area (TPSA) is 455 Å². The van der Waals surface area contributed by atoms with Crippen LogP contribution in [0.15, 0.2) is 0 Å². The molecule has 22 saturated heterocycles. The van der Waals surface area contributed by atoms with Crippen LogP contribution >= 0.6 is 0 Å². The maximum atomic E-state index is 11.2. The molecule has 378 valence electrons.